The van der Waals surface area contributed by atoms with Gasteiger partial charge in [-0.3, -0.25) is 9.59 Å². The molecule has 0 spiro atoms. The number of aryl methyl sites for hydroxylation is 1. The lowest BCUT2D eigenvalue weighted by molar-refractivity contribution is -0.139. The first-order valence-electron chi connectivity index (χ1n) is 6.91. The fourth-order valence-corrected chi connectivity index (χ4v) is 2.07. The van der Waals surface area contributed by atoms with Crippen LogP contribution in [0.2, 0.25) is 5.02 Å². The van der Waals surface area contributed by atoms with Crippen LogP contribution in [-0.2, 0) is 22.7 Å². The van der Waals surface area contributed by atoms with Crippen molar-refractivity contribution in [1.29, 1.82) is 0 Å². The second-order valence-electron chi connectivity index (χ2n) is 4.94. The molecule has 0 aliphatic heterocycles. The predicted molar refractivity (Wildman–Crippen MR) is 86.3 cm³/mol. The average molecular weight is 317 g/mol. The smallest absolute Gasteiger partial charge is 0.309 e. The first-order valence-corrected chi connectivity index (χ1v) is 7.29. The molecular formula is C17H17ClN2O2. The molecule has 0 saturated heterocycles. The molecule has 2 aromatic rings. The Labute approximate surface area is 134 Å². The van der Waals surface area contributed by atoms with E-state index in [2.05, 4.69) is 10.6 Å². The van der Waals surface area contributed by atoms with E-state index >= 15 is 0 Å². The highest BCUT2D eigenvalue weighted by Gasteiger charge is 2.13. The van der Waals surface area contributed by atoms with E-state index in [1.165, 1.54) is 0 Å². The zero-order chi connectivity index (χ0) is 15.9. The highest BCUT2D eigenvalue weighted by Crippen LogP contribution is 2.14. The van der Waals surface area contributed by atoms with E-state index in [1.54, 1.807) is 12.1 Å². The number of carbonyl (C=O) groups excluding carboxylic acids is 2. The average Bonchev–Trinajstić information content (AvgIpc) is 2.53. The highest BCUT2D eigenvalue weighted by molar-refractivity contribution is 6.35. The molecule has 2 aromatic carbocycles. The quantitative estimate of drug-likeness (QED) is 0.852. The molecule has 0 unspecified atom stereocenters. The van der Waals surface area contributed by atoms with Gasteiger partial charge >= 0.3 is 11.8 Å². The van der Waals surface area contributed by atoms with Gasteiger partial charge in [0, 0.05) is 18.1 Å². The van der Waals surface area contributed by atoms with Crippen LogP contribution in [0.15, 0.2) is 48.5 Å². The number of amides is 2. The Morgan fingerprint density at radius 2 is 1.50 bits per heavy atom. The second-order valence-corrected chi connectivity index (χ2v) is 5.35. The van der Waals surface area contributed by atoms with Crippen molar-refractivity contribution in [3.05, 3.63) is 70.2 Å². The molecule has 0 aromatic heterocycles. The number of carbonyl (C=O) groups is 2. The fourth-order valence-electron chi connectivity index (χ4n) is 1.87. The maximum Gasteiger partial charge on any atom is 0.309 e. The number of hydrogen-bond donors (Lipinski definition) is 2. The molecule has 2 amide bonds. The minimum absolute atomic E-state index is 0.219. The van der Waals surface area contributed by atoms with Gasteiger partial charge in [0.2, 0.25) is 0 Å². The summed E-state index contributed by atoms with van der Waals surface area (Å²) >= 11 is 5.99. The Morgan fingerprint density at radius 3 is 2.14 bits per heavy atom. The molecule has 5 heteroatoms. The highest BCUT2D eigenvalue weighted by atomic mass is 35.5. The van der Waals surface area contributed by atoms with Crippen LogP contribution < -0.4 is 10.6 Å². The molecule has 114 valence electrons. The summed E-state index contributed by atoms with van der Waals surface area (Å²) in [6, 6.07) is 14.9. The molecular weight excluding hydrogens is 300 g/mol. The van der Waals surface area contributed by atoms with Crippen molar-refractivity contribution >= 4 is 23.4 Å². The van der Waals surface area contributed by atoms with Gasteiger partial charge < -0.3 is 10.6 Å². The molecule has 0 saturated carbocycles. The van der Waals surface area contributed by atoms with Crippen molar-refractivity contribution < 1.29 is 9.59 Å². The van der Waals surface area contributed by atoms with Gasteiger partial charge in [0.05, 0.1) is 0 Å². The normalized spacial score (nSPS) is 10.1. The molecule has 0 aliphatic carbocycles. The SMILES string of the molecule is Cc1ccc(CNC(=O)C(=O)NCc2ccccc2Cl)cc1. The minimum atomic E-state index is -0.674. The van der Waals surface area contributed by atoms with Gasteiger partial charge in [0.15, 0.2) is 0 Å². The Kier molecular flexibility index (Phi) is 5.55. The lowest BCUT2D eigenvalue weighted by atomic mass is 10.1. The van der Waals surface area contributed by atoms with Crippen molar-refractivity contribution in [3.8, 4) is 0 Å². The molecule has 0 atom stereocenters. The summed E-state index contributed by atoms with van der Waals surface area (Å²) in [7, 11) is 0. The van der Waals surface area contributed by atoms with Crippen molar-refractivity contribution in [2.75, 3.05) is 0 Å². The topological polar surface area (TPSA) is 58.2 Å². The molecule has 0 bridgehead atoms. The standard InChI is InChI=1S/C17H17ClN2O2/c1-12-6-8-13(9-7-12)10-19-16(21)17(22)20-11-14-4-2-3-5-15(14)18/h2-9H,10-11H2,1H3,(H,19,21)(H,20,22). The lowest BCUT2D eigenvalue weighted by Crippen LogP contribution is -2.39. The zero-order valence-corrected chi connectivity index (χ0v) is 13.0. The van der Waals surface area contributed by atoms with Crippen LogP contribution in [0.25, 0.3) is 0 Å². The van der Waals surface area contributed by atoms with Crippen LogP contribution in [0.1, 0.15) is 16.7 Å². The maximum absolute atomic E-state index is 11.7. The Bertz CT molecular complexity index is 669. The van der Waals surface area contributed by atoms with E-state index in [4.69, 9.17) is 11.6 Å². The molecule has 4 nitrogen and oxygen atoms in total. The Morgan fingerprint density at radius 1 is 0.909 bits per heavy atom. The van der Waals surface area contributed by atoms with E-state index in [0.29, 0.717) is 11.6 Å². The fraction of sp³-hybridized carbons (Fsp3) is 0.176. The molecule has 0 radical (unpaired) electrons. The van der Waals surface area contributed by atoms with Crippen molar-refractivity contribution in [2.45, 2.75) is 20.0 Å². The summed E-state index contributed by atoms with van der Waals surface area (Å²) in [6.45, 7) is 2.53. The van der Waals surface area contributed by atoms with Crippen molar-refractivity contribution in [1.82, 2.24) is 10.6 Å². The Balaban J connectivity index is 1.81. The van der Waals surface area contributed by atoms with Gasteiger partial charge in [-0.05, 0) is 24.1 Å². The molecule has 2 rings (SSSR count). The van der Waals surface area contributed by atoms with Gasteiger partial charge in [-0.1, -0.05) is 59.6 Å². The molecule has 22 heavy (non-hydrogen) atoms. The molecule has 0 aliphatic rings. The summed E-state index contributed by atoms with van der Waals surface area (Å²) in [6.07, 6.45) is 0. The van der Waals surface area contributed by atoms with Crippen LogP contribution in [0.5, 0.6) is 0 Å². The van der Waals surface area contributed by atoms with Crippen LogP contribution in [0.3, 0.4) is 0 Å². The van der Waals surface area contributed by atoms with E-state index in [0.717, 1.165) is 16.7 Å². The number of halogens is 1. The number of benzene rings is 2. The molecule has 0 heterocycles. The van der Waals surface area contributed by atoms with Crippen molar-refractivity contribution in [2.24, 2.45) is 0 Å². The second kappa shape index (κ2) is 7.61. The number of nitrogens with one attached hydrogen (secondary N) is 2. The van der Waals surface area contributed by atoms with Crippen LogP contribution in [0, 0.1) is 6.92 Å². The van der Waals surface area contributed by atoms with Gasteiger partial charge in [-0.25, -0.2) is 0 Å². The number of hydrogen-bond acceptors (Lipinski definition) is 2. The van der Waals surface area contributed by atoms with Gasteiger partial charge in [0.25, 0.3) is 0 Å². The third-order valence-corrected chi connectivity index (χ3v) is 3.55. The summed E-state index contributed by atoms with van der Waals surface area (Å²) in [5.41, 5.74) is 2.86. The van der Waals surface area contributed by atoms with E-state index in [-0.39, 0.29) is 6.54 Å². The molecule has 2 N–H and O–H groups in total. The summed E-state index contributed by atoms with van der Waals surface area (Å²) in [5, 5.41) is 5.69. The largest absolute Gasteiger partial charge is 0.344 e. The predicted octanol–water partition coefficient (Wildman–Crippen LogP) is 2.58. The lowest BCUT2D eigenvalue weighted by Gasteiger charge is -2.08. The summed E-state index contributed by atoms with van der Waals surface area (Å²) < 4.78 is 0. The third kappa shape index (κ3) is 4.60. The Hall–Kier alpha value is -2.33. The van der Waals surface area contributed by atoms with E-state index < -0.39 is 11.8 Å². The van der Waals surface area contributed by atoms with Crippen LogP contribution >= 0.6 is 11.6 Å². The van der Waals surface area contributed by atoms with E-state index in [1.807, 2.05) is 43.3 Å². The van der Waals surface area contributed by atoms with Gasteiger partial charge in [-0.2, -0.15) is 0 Å². The first kappa shape index (κ1) is 16.0. The van der Waals surface area contributed by atoms with Gasteiger partial charge in [-0.15, -0.1) is 0 Å². The molecule has 0 fully saturated rings. The summed E-state index contributed by atoms with van der Waals surface area (Å²) in [4.78, 5) is 23.5. The van der Waals surface area contributed by atoms with Crippen LogP contribution in [-0.4, -0.2) is 11.8 Å². The van der Waals surface area contributed by atoms with Crippen molar-refractivity contribution in [3.63, 3.8) is 0 Å². The van der Waals surface area contributed by atoms with Gasteiger partial charge in [0.1, 0.15) is 0 Å². The zero-order valence-electron chi connectivity index (χ0n) is 12.2. The first-order chi connectivity index (χ1) is 10.6. The summed E-state index contributed by atoms with van der Waals surface area (Å²) in [5.74, 6) is -1.33. The third-order valence-electron chi connectivity index (χ3n) is 3.18. The van der Waals surface area contributed by atoms with Crippen LogP contribution in [0.4, 0.5) is 0 Å². The monoisotopic (exact) mass is 316 g/mol. The number of rotatable bonds is 4. The maximum atomic E-state index is 11.7. The minimum Gasteiger partial charge on any atom is -0.344 e. The van der Waals surface area contributed by atoms with E-state index in [9.17, 15) is 9.59 Å².